The Kier molecular flexibility index (Phi) is 18.5. The molecule has 0 spiro atoms. The number of ether oxygens (including phenoxy) is 5. The highest BCUT2D eigenvalue weighted by atomic mass is 16.6. The number of Topliss-reactive ketones (excluding diaryl/α,β-unsaturated/α-hetero) is 3. The van der Waals surface area contributed by atoms with E-state index in [9.17, 15) is 39.3 Å². The summed E-state index contributed by atoms with van der Waals surface area (Å²) in [5, 5.41) is 34.1. The lowest BCUT2D eigenvalue weighted by molar-refractivity contribution is -0.266. The summed E-state index contributed by atoms with van der Waals surface area (Å²) in [6, 6.07) is -1.12. The first kappa shape index (κ1) is 51.6. The molecule has 4 fully saturated rings. The molecule has 0 radical (unpaired) electrons. The van der Waals surface area contributed by atoms with E-state index in [2.05, 4.69) is 0 Å². The molecule has 1 amide bonds. The molecule has 1 saturated carbocycles. The Balaban J connectivity index is 1.51. The van der Waals surface area contributed by atoms with E-state index >= 15 is 0 Å². The highest BCUT2D eigenvalue weighted by Crippen LogP contribution is 2.45. The van der Waals surface area contributed by atoms with E-state index in [4.69, 9.17) is 23.7 Å². The van der Waals surface area contributed by atoms with Crippen LogP contribution in [0, 0.1) is 41.4 Å². The predicted molar refractivity (Wildman–Crippen MR) is 238 cm³/mol. The lowest BCUT2D eigenvalue weighted by Crippen LogP contribution is -2.65. The van der Waals surface area contributed by atoms with Gasteiger partial charge in [0.1, 0.15) is 30.1 Å². The van der Waals surface area contributed by atoms with Crippen LogP contribution in [0.2, 0.25) is 0 Å². The molecule has 4 heterocycles. The van der Waals surface area contributed by atoms with E-state index in [1.807, 2.05) is 51.2 Å². The number of aliphatic hydroxyl groups is 3. The van der Waals surface area contributed by atoms with Crippen LogP contribution in [0.3, 0.4) is 0 Å². The number of rotatable bonds is 5. The number of methoxy groups -OCH3 is 3. The van der Waals surface area contributed by atoms with Gasteiger partial charge >= 0.3 is 5.97 Å². The van der Waals surface area contributed by atoms with Gasteiger partial charge in [-0.05, 0) is 101 Å². The number of allylic oxidation sites excluding steroid dienone is 6. The third-order valence-electron chi connectivity index (χ3n) is 14.9. The summed E-state index contributed by atoms with van der Waals surface area (Å²) in [5.41, 5.74) is 1.28. The second-order valence-electron chi connectivity index (χ2n) is 19.5. The Morgan fingerprint density at radius 1 is 0.844 bits per heavy atom. The van der Waals surface area contributed by atoms with Gasteiger partial charge in [-0.15, -0.1) is 0 Å². The summed E-state index contributed by atoms with van der Waals surface area (Å²) >= 11 is 0. The van der Waals surface area contributed by atoms with Gasteiger partial charge < -0.3 is 43.9 Å². The summed E-state index contributed by atoms with van der Waals surface area (Å²) in [7, 11) is 4.52. The number of nitrogens with zero attached hydrogens (tertiary/aromatic N) is 1. The number of ketones is 3. The molecular weight excluding hydrogens is 823 g/mol. The van der Waals surface area contributed by atoms with Gasteiger partial charge in [0.05, 0.1) is 24.4 Å². The molecule has 14 nitrogen and oxygen atoms in total. The summed E-state index contributed by atoms with van der Waals surface area (Å²) < 4.78 is 29.4. The second kappa shape index (κ2) is 22.9. The number of amides is 1. The van der Waals surface area contributed by atoms with Crippen LogP contribution in [-0.4, -0.2) is 132 Å². The summed E-state index contributed by atoms with van der Waals surface area (Å²) in [5.74, 6) is -8.43. The molecular formula is C50H75NO13. The van der Waals surface area contributed by atoms with Crippen molar-refractivity contribution in [3.63, 3.8) is 0 Å². The Morgan fingerprint density at radius 2 is 1.58 bits per heavy atom. The standard InChI is InChI=1S/C50H75NO13/c1-28-14-11-10-12-15-29(2)40(60-7)26-35-19-17-33(6)50(59,64-35)47(56)48(57)51-21-13-16-36-37(24-34-18-20-38(52)42(25-34)61-8)41(63-49(58)43(36)51)27-39(53)30(3)23-32(5)45(55)46(62-9)44(54)31(4)22-28/h10-12,14-15,23,28,30-31,33-38,40-43,45-46,52,55,59H,13,16-22,24-27H2,1-9H3/b12-10+,14-11+,29-15+,32-23+/t28-,30-,31-,33-,34+,35+,36?,37+,38-,40+,41+,42-,43+,45-,46-,50-/m1/s1. The first-order valence-corrected chi connectivity index (χ1v) is 23.5. The molecule has 3 N–H and O–H groups in total. The second-order valence-corrected chi connectivity index (χ2v) is 19.5. The van der Waals surface area contributed by atoms with Gasteiger partial charge in [0.2, 0.25) is 5.79 Å². The number of hydrogen-bond acceptors (Lipinski definition) is 13. The average Bonchev–Trinajstić information content (AvgIpc) is 3.27. The van der Waals surface area contributed by atoms with Crippen molar-refractivity contribution in [2.24, 2.45) is 41.4 Å². The van der Waals surface area contributed by atoms with E-state index < -0.39 is 95.7 Å². The van der Waals surface area contributed by atoms with Crippen LogP contribution in [0.4, 0.5) is 0 Å². The van der Waals surface area contributed by atoms with Crippen molar-refractivity contribution >= 4 is 29.2 Å². The molecule has 1 unspecified atom stereocenters. The van der Waals surface area contributed by atoms with Crippen LogP contribution in [0.15, 0.2) is 47.6 Å². The van der Waals surface area contributed by atoms with Gasteiger partial charge in [0.15, 0.2) is 5.78 Å². The smallest absolute Gasteiger partial charge is 0.329 e. The van der Waals surface area contributed by atoms with E-state index in [0.717, 1.165) is 5.57 Å². The van der Waals surface area contributed by atoms with Gasteiger partial charge in [-0.1, -0.05) is 64.2 Å². The van der Waals surface area contributed by atoms with Crippen molar-refractivity contribution in [2.75, 3.05) is 27.9 Å². The summed E-state index contributed by atoms with van der Waals surface area (Å²) in [6.45, 7) is 10.9. The van der Waals surface area contributed by atoms with Crippen LogP contribution >= 0.6 is 0 Å². The normalized spacial score (nSPS) is 43.2. The maximum absolute atomic E-state index is 14.4. The first-order chi connectivity index (χ1) is 30.3. The van der Waals surface area contributed by atoms with E-state index in [0.29, 0.717) is 69.8 Å². The fraction of sp³-hybridized carbons (Fsp3) is 0.740. The minimum absolute atomic E-state index is 0.0231. The van der Waals surface area contributed by atoms with Gasteiger partial charge in [0.25, 0.3) is 11.7 Å². The molecule has 358 valence electrons. The molecule has 64 heavy (non-hydrogen) atoms. The Labute approximate surface area is 379 Å². The Bertz CT molecular complexity index is 1790. The SMILES string of the molecule is CO[C@H]1C[C@@H]2CC[C@@H](C)[C@@](O)(O2)C(=O)C(=O)N2CCCC3[C@H]2C(=O)O[C@@H](CC(=O)[C@H](C)/C=C(\C)[C@@H](O)[C@H](OC)C(=O)[C@H](C)C[C@H](C)/C=C/C=C/C=C/1C)[C@H]3C[C@@H]1CC[C@@H](O)[C@H](OC)C1. The molecule has 3 saturated heterocycles. The maximum atomic E-state index is 14.4. The number of piperidine rings is 1. The zero-order valence-electron chi connectivity index (χ0n) is 39.5. The average molecular weight is 898 g/mol. The molecule has 0 aromatic rings. The van der Waals surface area contributed by atoms with Crippen LogP contribution in [0.1, 0.15) is 112 Å². The van der Waals surface area contributed by atoms with E-state index in [1.54, 1.807) is 41.1 Å². The van der Waals surface area contributed by atoms with Crippen molar-refractivity contribution < 1.29 is 63.0 Å². The number of fused-ring (bicyclic) bond motifs is 3. The topological polar surface area (TPSA) is 195 Å². The minimum atomic E-state index is -2.43. The quantitative estimate of drug-likeness (QED) is 0.181. The van der Waals surface area contributed by atoms with Crippen LogP contribution in [0.5, 0.6) is 0 Å². The predicted octanol–water partition coefficient (Wildman–Crippen LogP) is 5.40. The van der Waals surface area contributed by atoms with Crippen molar-refractivity contribution in [3.05, 3.63) is 47.6 Å². The van der Waals surface area contributed by atoms with Crippen LogP contribution < -0.4 is 0 Å². The summed E-state index contributed by atoms with van der Waals surface area (Å²) in [6.07, 6.45) is 10.8. The largest absolute Gasteiger partial charge is 0.460 e. The molecule has 16 atom stereocenters. The number of esters is 1. The van der Waals surface area contributed by atoms with Crippen molar-refractivity contribution in [1.29, 1.82) is 0 Å². The number of carbonyl (C=O) groups excluding carboxylic acids is 5. The monoisotopic (exact) mass is 898 g/mol. The lowest BCUT2D eigenvalue weighted by atomic mass is 9.68. The third-order valence-corrected chi connectivity index (χ3v) is 14.9. The number of hydrogen-bond donors (Lipinski definition) is 3. The Morgan fingerprint density at radius 3 is 2.27 bits per heavy atom. The van der Waals surface area contributed by atoms with E-state index in [1.165, 1.54) is 12.0 Å². The molecule has 0 aromatic carbocycles. The number of carbonyl (C=O) groups is 5. The van der Waals surface area contributed by atoms with Crippen LogP contribution in [0.25, 0.3) is 0 Å². The fourth-order valence-corrected chi connectivity index (χ4v) is 10.9. The molecule has 0 aromatic heterocycles. The molecule has 4 aliphatic heterocycles. The van der Waals surface area contributed by atoms with Gasteiger partial charge in [0, 0.05) is 64.4 Å². The fourth-order valence-electron chi connectivity index (χ4n) is 10.9. The van der Waals surface area contributed by atoms with E-state index in [-0.39, 0.29) is 42.5 Å². The molecule has 5 aliphatic rings. The van der Waals surface area contributed by atoms with Crippen molar-refractivity contribution in [2.45, 2.75) is 167 Å². The van der Waals surface area contributed by atoms with Crippen molar-refractivity contribution in [1.82, 2.24) is 4.90 Å². The van der Waals surface area contributed by atoms with Crippen LogP contribution in [-0.2, 0) is 47.7 Å². The zero-order chi connectivity index (χ0) is 47.0. The molecule has 1 aliphatic carbocycles. The maximum Gasteiger partial charge on any atom is 0.329 e. The highest BCUT2D eigenvalue weighted by Gasteiger charge is 2.57. The van der Waals surface area contributed by atoms with Gasteiger partial charge in [-0.3, -0.25) is 19.2 Å². The molecule has 6 bridgehead atoms. The lowest BCUT2D eigenvalue weighted by Gasteiger charge is -2.50. The van der Waals surface area contributed by atoms with Crippen molar-refractivity contribution in [3.8, 4) is 0 Å². The zero-order valence-corrected chi connectivity index (χ0v) is 39.5. The first-order valence-electron chi connectivity index (χ1n) is 23.5. The molecule has 14 heteroatoms. The Hall–Kier alpha value is -3.37. The van der Waals surface area contributed by atoms with Gasteiger partial charge in [-0.2, -0.15) is 0 Å². The van der Waals surface area contributed by atoms with Gasteiger partial charge in [-0.25, -0.2) is 4.79 Å². The third kappa shape index (κ3) is 12.0. The number of aliphatic hydroxyl groups excluding tert-OH is 2. The highest BCUT2D eigenvalue weighted by molar-refractivity contribution is 6.39. The minimum Gasteiger partial charge on any atom is -0.460 e. The summed E-state index contributed by atoms with van der Waals surface area (Å²) in [4.78, 5) is 72.0. The molecule has 5 rings (SSSR count).